The van der Waals surface area contributed by atoms with Gasteiger partial charge in [0.1, 0.15) is 6.54 Å². The van der Waals surface area contributed by atoms with E-state index >= 15 is 0 Å². The molecule has 0 saturated carbocycles. The highest BCUT2D eigenvalue weighted by molar-refractivity contribution is 6.06. The average molecular weight is 286 g/mol. The number of aliphatic carboxylic acids is 1. The monoisotopic (exact) mass is 286 g/mol. The van der Waals surface area contributed by atoms with Crippen molar-refractivity contribution in [2.45, 2.75) is 26.3 Å². The summed E-state index contributed by atoms with van der Waals surface area (Å²) in [5, 5.41) is 9.77. The Morgan fingerprint density at radius 1 is 1.29 bits per heavy atom. The van der Waals surface area contributed by atoms with Crippen LogP contribution in [-0.4, -0.2) is 39.5 Å². The topological polar surface area (TPSA) is 70.5 Å². The molecule has 1 atom stereocenters. The lowest BCUT2D eigenvalue weighted by Gasteiger charge is -2.27. The van der Waals surface area contributed by atoms with E-state index in [0.29, 0.717) is 12.0 Å². The van der Waals surface area contributed by atoms with E-state index in [2.05, 4.69) is 4.98 Å². The summed E-state index contributed by atoms with van der Waals surface area (Å²) in [6, 6.07) is 8.85. The third-order valence-corrected chi connectivity index (χ3v) is 3.57. The number of para-hydroxylation sites is 1. The van der Waals surface area contributed by atoms with Crippen molar-refractivity contribution in [2.75, 3.05) is 6.54 Å². The number of carbonyl (C=O) groups excluding carboxylic acids is 1. The molecule has 0 aliphatic heterocycles. The molecule has 0 aliphatic rings. The SMILES string of the molecule is CCC(C)N(CC(=O)O)C(=O)c1ccnc2ccccc12. The van der Waals surface area contributed by atoms with E-state index in [-0.39, 0.29) is 18.5 Å². The lowest BCUT2D eigenvalue weighted by atomic mass is 10.1. The van der Waals surface area contributed by atoms with Gasteiger partial charge in [-0.3, -0.25) is 14.6 Å². The van der Waals surface area contributed by atoms with Gasteiger partial charge in [0.25, 0.3) is 5.91 Å². The molecule has 0 spiro atoms. The van der Waals surface area contributed by atoms with Gasteiger partial charge in [-0.25, -0.2) is 0 Å². The Morgan fingerprint density at radius 3 is 2.67 bits per heavy atom. The average Bonchev–Trinajstić information content (AvgIpc) is 2.50. The molecule has 1 aromatic carbocycles. The smallest absolute Gasteiger partial charge is 0.323 e. The van der Waals surface area contributed by atoms with Crippen molar-refractivity contribution in [3.63, 3.8) is 0 Å². The van der Waals surface area contributed by atoms with Crippen molar-refractivity contribution in [1.82, 2.24) is 9.88 Å². The van der Waals surface area contributed by atoms with E-state index in [1.54, 1.807) is 12.3 Å². The fraction of sp³-hybridized carbons (Fsp3) is 0.312. The molecule has 0 radical (unpaired) electrons. The number of carbonyl (C=O) groups is 2. The van der Waals surface area contributed by atoms with Crippen LogP contribution in [0.4, 0.5) is 0 Å². The summed E-state index contributed by atoms with van der Waals surface area (Å²) < 4.78 is 0. The molecule has 0 aliphatic carbocycles. The molecular formula is C16H18N2O3. The molecule has 1 aromatic heterocycles. The number of carboxylic acids is 1. The highest BCUT2D eigenvalue weighted by Crippen LogP contribution is 2.19. The van der Waals surface area contributed by atoms with Crippen LogP contribution in [0.15, 0.2) is 36.5 Å². The second kappa shape index (κ2) is 6.35. The molecule has 5 nitrogen and oxygen atoms in total. The van der Waals surface area contributed by atoms with Crippen LogP contribution in [0.2, 0.25) is 0 Å². The first-order valence-corrected chi connectivity index (χ1v) is 6.91. The minimum atomic E-state index is -1.01. The number of hydrogen-bond acceptors (Lipinski definition) is 3. The fourth-order valence-electron chi connectivity index (χ4n) is 2.23. The third kappa shape index (κ3) is 3.18. The Labute approximate surface area is 123 Å². The van der Waals surface area contributed by atoms with Gasteiger partial charge in [0.2, 0.25) is 0 Å². The number of carboxylic acid groups (broad SMARTS) is 1. The normalized spacial score (nSPS) is 12.1. The standard InChI is InChI=1S/C16H18N2O3/c1-3-11(2)18(10-15(19)20)16(21)13-8-9-17-14-7-5-4-6-12(13)14/h4-9,11H,3,10H2,1-2H3,(H,19,20). The lowest BCUT2D eigenvalue weighted by Crippen LogP contribution is -2.41. The molecule has 0 saturated heterocycles. The lowest BCUT2D eigenvalue weighted by molar-refractivity contribution is -0.138. The molecule has 1 amide bonds. The highest BCUT2D eigenvalue weighted by atomic mass is 16.4. The number of rotatable bonds is 5. The molecule has 2 aromatic rings. The largest absolute Gasteiger partial charge is 0.480 e. The second-order valence-corrected chi connectivity index (χ2v) is 4.96. The van der Waals surface area contributed by atoms with Gasteiger partial charge in [-0.15, -0.1) is 0 Å². The highest BCUT2D eigenvalue weighted by Gasteiger charge is 2.24. The Bertz CT molecular complexity index is 664. The Kier molecular flexibility index (Phi) is 4.52. The van der Waals surface area contributed by atoms with Crippen LogP contribution in [-0.2, 0) is 4.79 Å². The maximum Gasteiger partial charge on any atom is 0.323 e. The summed E-state index contributed by atoms with van der Waals surface area (Å²) in [6.07, 6.45) is 2.27. The Morgan fingerprint density at radius 2 is 2.00 bits per heavy atom. The number of nitrogens with zero attached hydrogens (tertiary/aromatic N) is 2. The van der Waals surface area contributed by atoms with Gasteiger partial charge in [0.05, 0.1) is 11.1 Å². The van der Waals surface area contributed by atoms with Crippen molar-refractivity contribution in [1.29, 1.82) is 0 Å². The van der Waals surface area contributed by atoms with Crippen LogP contribution >= 0.6 is 0 Å². The molecule has 5 heteroatoms. The van der Waals surface area contributed by atoms with E-state index in [0.717, 1.165) is 10.9 Å². The zero-order chi connectivity index (χ0) is 15.4. The first kappa shape index (κ1) is 15.0. The molecule has 0 fully saturated rings. The van der Waals surface area contributed by atoms with Gasteiger partial charge < -0.3 is 10.0 Å². The minimum absolute atomic E-state index is 0.138. The maximum absolute atomic E-state index is 12.7. The van der Waals surface area contributed by atoms with E-state index in [9.17, 15) is 9.59 Å². The molecule has 2 rings (SSSR count). The first-order valence-electron chi connectivity index (χ1n) is 6.91. The fourth-order valence-corrected chi connectivity index (χ4v) is 2.23. The molecule has 21 heavy (non-hydrogen) atoms. The number of amides is 1. The maximum atomic E-state index is 12.7. The van der Waals surface area contributed by atoms with Crippen molar-refractivity contribution in [3.8, 4) is 0 Å². The van der Waals surface area contributed by atoms with E-state index in [1.807, 2.05) is 38.1 Å². The zero-order valence-corrected chi connectivity index (χ0v) is 12.1. The summed E-state index contributed by atoms with van der Waals surface area (Å²) in [5.41, 5.74) is 1.21. The number of benzene rings is 1. The summed E-state index contributed by atoms with van der Waals surface area (Å²) in [5.74, 6) is -1.28. The van der Waals surface area contributed by atoms with E-state index < -0.39 is 5.97 Å². The summed E-state index contributed by atoms with van der Waals surface area (Å²) >= 11 is 0. The van der Waals surface area contributed by atoms with Crippen molar-refractivity contribution in [3.05, 3.63) is 42.1 Å². The molecule has 1 N–H and O–H groups in total. The molecule has 110 valence electrons. The van der Waals surface area contributed by atoms with Gasteiger partial charge in [0.15, 0.2) is 0 Å². The predicted molar refractivity (Wildman–Crippen MR) is 80.2 cm³/mol. The Hall–Kier alpha value is -2.43. The molecular weight excluding hydrogens is 268 g/mol. The van der Waals surface area contributed by atoms with Crippen LogP contribution in [0, 0.1) is 0 Å². The van der Waals surface area contributed by atoms with Crippen LogP contribution in [0.1, 0.15) is 30.6 Å². The summed E-state index contributed by atoms with van der Waals surface area (Å²) in [7, 11) is 0. The minimum Gasteiger partial charge on any atom is -0.480 e. The number of aromatic nitrogens is 1. The van der Waals surface area contributed by atoms with Crippen LogP contribution < -0.4 is 0 Å². The molecule has 1 unspecified atom stereocenters. The van der Waals surface area contributed by atoms with E-state index in [4.69, 9.17) is 5.11 Å². The quantitative estimate of drug-likeness (QED) is 0.917. The molecule has 0 bridgehead atoms. The molecule has 1 heterocycles. The summed E-state index contributed by atoms with van der Waals surface area (Å²) in [6.45, 7) is 3.48. The van der Waals surface area contributed by atoms with Gasteiger partial charge in [-0.1, -0.05) is 25.1 Å². The Balaban J connectivity index is 2.45. The van der Waals surface area contributed by atoms with Crippen LogP contribution in [0.5, 0.6) is 0 Å². The van der Waals surface area contributed by atoms with Gasteiger partial charge in [0, 0.05) is 17.6 Å². The van der Waals surface area contributed by atoms with Crippen molar-refractivity contribution in [2.24, 2.45) is 0 Å². The number of hydrogen-bond donors (Lipinski definition) is 1. The van der Waals surface area contributed by atoms with Gasteiger partial charge in [-0.05, 0) is 25.5 Å². The third-order valence-electron chi connectivity index (χ3n) is 3.57. The first-order chi connectivity index (χ1) is 10.0. The zero-order valence-electron chi connectivity index (χ0n) is 12.1. The van der Waals surface area contributed by atoms with Gasteiger partial charge >= 0.3 is 5.97 Å². The number of fused-ring (bicyclic) bond motifs is 1. The summed E-state index contributed by atoms with van der Waals surface area (Å²) in [4.78, 5) is 29.4. The van der Waals surface area contributed by atoms with Crippen LogP contribution in [0.25, 0.3) is 10.9 Å². The van der Waals surface area contributed by atoms with E-state index in [1.165, 1.54) is 4.90 Å². The van der Waals surface area contributed by atoms with Crippen LogP contribution in [0.3, 0.4) is 0 Å². The van der Waals surface area contributed by atoms with Crippen molar-refractivity contribution < 1.29 is 14.7 Å². The number of pyridine rings is 1. The predicted octanol–water partition coefficient (Wildman–Crippen LogP) is 2.56. The second-order valence-electron chi connectivity index (χ2n) is 4.96. The van der Waals surface area contributed by atoms with Gasteiger partial charge in [-0.2, -0.15) is 0 Å². The van der Waals surface area contributed by atoms with Crippen molar-refractivity contribution >= 4 is 22.8 Å².